The lowest BCUT2D eigenvalue weighted by Crippen LogP contribution is -2.38. The van der Waals surface area contributed by atoms with Crippen LogP contribution in [-0.2, 0) is 14.3 Å². The number of carbonyl (C=O) groups is 1. The molecule has 3 unspecified atom stereocenters. The molecule has 0 aromatic carbocycles. The van der Waals surface area contributed by atoms with E-state index < -0.39 is 5.97 Å². The Morgan fingerprint density at radius 2 is 2.00 bits per heavy atom. The highest BCUT2D eigenvalue weighted by molar-refractivity contribution is 5.92. The molecular formula is C14H24ClNO3. The van der Waals surface area contributed by atoms with E-state index in [-0.39, 0.29) is 41.7 Å². The molecule has 0 amide bonds. The van der Waals surface area contributed by atoms with E-state index in [1.165, 1.54) is 13.5 Å². The van der Waals surface area contributed by atoms with E-state index in [1.54, 1.807) is 0 Å². The zero-order valence-corrected chi connectivity index (χ0v) is 12.9. The normalized spacial score (nSPS) is 34.5. The summed E-state index contributed by atoms with van der Waals surface area (Å²) in [6.07, 6.45) is 3.43. The Balaban J connectivity index is 0.00000180. The summed E-state index contributed by atoms with van der Waals surface area (Å²) in [5, 5.41) is 7.76. The largest absolute Gasteiger partial charge is 0.477 e. The molecule has 0 saturated heterocycles. The van der Waals surface area contributed by atoms with Gasteiger partial charge in [0.05, 0.1) is 7.11 Å². The van der Waals surface area contributed by atoms with Crippen LogP contribution in [0.15, 0.2) is 0 Å². The Hall–Kier alpha value is -0.770. The quantitative estimate of drug-likeness (QED) is 0.493. The summed E-state index contributed by atoms with van der Waals surface area (Å²) in [7, 11) is 1.33. The predicted molar refractivity (Wildman–Crippen MR) is 75.7 cm³/mol. The first-order valence-corrected chi connectivity index (χ1v) is 6.62. The van der Waals surface area contributed by atoms with Crippen molar-refractivity contribution in [2.75, 3.05) is 7.11 Å². The first kappa shape index (κ1) is 16.3. The van der Waals surface area contributed by atoms with Crippen molar-refractivity contribution in [2.45, 2.75) is 52.6 Å². The number of halogens is 1. The van der Waals surface area contributed by atoms with Gasteiger partial charge in [0, 0.05) is 5.41 Å². The van der Waals surface area contributed by atoms with Crippen molar-refractivity contribution in [1.82, 2.24) is 0 Å². The Morgan fingerprint density at radius 3 is 2.42 bits per heavy atom. The van der Waals surface area contributed by atoms with Gasteiger partial charge in [0.25, 0.3) is 0 Å². The average molecular weight is 290 g/mol. The highest BCUT2D eigenvalue weighted by atomic mass is 35.5. The number of hydrogen-bond donors (Lipinski definition) is 1. The Labute approximate surface area is 121 Å². The number of carbonyl (C=O) groups excluding carboxylic acids is 1. The maximum atomic E-state index is 11.1. The third-order valence-electron chi connectivity index (χ3n) is 5.53. The topological polar surface area (TPSA) is 59.4 Å². The van der Waals surface area contributed by atoms with Gasteiger partial charge in [-0.2, -0.15) is 0 Å². The molecule has 0 radical (unpaired) electrons. The third kappa shape index (κ3) is 2.47. The third-order valence-corrected chi connectivity index (χ3v) is 5.53. The van der Waals surface area contributed by atoms with Gasteiger partial charge in [0.15, 0.2) is 5.90 Å². The van der Waals surface area contributed by atoms with Crippen LogP contribution < -0.4 is 0 Å². The molecule has 0 aliphatic heterocycles. The lowest BCUT2D eigenvalue weighted by molar-refractivity contribution is -0.139. The minimum absolute atomic E-state index is 0. The van der Waals surface area contributed by atoms with Crippen LogP contribution in [0.4, 0.5) is 0 Å². The second-order valence-corrected chi connectivity index (χ2v) is 6.39. The molecule has 0 spiro atoms. The van der Waals surface area contributed by atoms with Gasteiger partial charge in [-0.05, 0) is 30.6 Å². The second kappa shape index (κ2) is 5.31. The fourth-order valence-corrected chi connectivity index (χ4v) is 3.73. The fraction of sp³-hybridized carbons (Fsp3) is 0.857. The van der Waals surface area contributed by atoms with Crippen LogP contribution in [0.1, 0.15) is 46.5 Å². The first-order valence-electron chi connectivity index (χ1n) is 6.62. The maximum Gasteiger partial charge on any atom is 0.314 e. The molecular weight excluding hydrogens is 266 g/mol. The number of hydrogen-bond acceptors (Lipinski definition) is 4. The number of esters is 1. The minimum atomic E-state index is -0.410. The molecule has 2 saturated carbocycles. The lowest BCUT2D eigenvalue weighted by Gasteiger charge is -2.38. The van der Waals surface area contributed by atoms with E-state index in [0.29, 0.717) is 5.92 Å². The summed E-state index contributed by atoms with van der Waals surface area (Å²) >= 11 is 0. The van der Waals surface area contributed by atoms with E-state index in [9.17, 15) is 4.79 Å². The van der Waals surface area contributed by atoms with Crippen LogP contribution >= 0.6 is 12.4 Å². The van der Waals surface area contributed by atoms with Gasteiger partial charge in [0.2, 0.25) is 0 Å². The first-order chi connectivity index (χ1) is 8.31. The van der Waals surface area contributed by atoms with Crippen molar-refractivity contribution in [3.05, 3.63) is 0 Å². The minimum Gasteiger partial charge on any atom is -0.477 e. The molecule has 2 fully saturated rings. The SMILES string of the molecule is COC(=O)CC(=N)OC1CC2CCC1(C)C2(C)C.Cl. The van der Waals surface area contributed by atoms with Crippen molar-refractivity contribution in [1.29, 1.82) is 5.41 Å². The van der Waals surface area contributed by atoms with Gasteiger partial charge in [-0.3, -0.25) is 10.2 Å². The van der Waals surface area contributed by atoms with Crippen molar-refractivity contribution in [3.63, 3.8) is 0 Å². The average Bonchev–Trinajstić information content (AvgIpc) is 2.61. The highest BCUT2D eigenvalue weighted by Gasteiger charge is 2.62. The molecule has 0 heterocycles. The van der Waals surface area contributed by atoms with Crippen molar-refractivity contribution in [3.8, 4) is 0 Å². The predicted octanol–water partition coefficient (Wildman–Crippen LogP) is 3.18. The van der Waals surface area contributed by atoms with Crippen LogP contribution in [0.25, 0.3) is 0 Å². The summed E-state index contributed by atoms with van der Waals surface area (Å²) in [6.45, 7) is 6.87. The van der Waals surface area contributed by atoms with E-state index in [4.69, 9.17) is 10.1 Å². The van der Waals surface area contributed by atoms with Crippen molar-refractivity contribution in [2.24, 2.45) is 16.7 Å². The second-order valence-electron chi connectivity index (χ2n) is 6.39. The maximum absolute atomic E-state index is 11.1. The molecule has 19 heavy (non-hydrogen) atoms. The zero-order valence-electron chi connectivity index (χ0n) is 12.1. The molecule has 2 bridgehead atoms. The molecule has 2 aliphatic rings. The van der Waals surface area contributed by atoms with Gasteiger partial charge in [-0.15, -0.1) is 12.4 Å². The monoisotopic (exact) mass is 289 g/mol. The molecule has 2 aliphatic carbocycles. The lowest BCUT2D eigenvalue weighted by atomic mass is 9.70. The molecule has 110 valence electrons. The summed E-state index contributed by atoms with van der Waals surface area (Å²) in [5.74, 6) is 0.308. The molecule has 0 aromatic rings. The molecule has 0 aromatic heterocycles. The van der Waals surface area contributed by atoms with Gasteiger partial charge in [-0.25, -0.2) is 0 Å². The standard InChI is InChI=1S/C14H23NO3.ClH/c1-13(2)9-5-6-14(13,3)10(7-9)18-11(15)8-12(16)17-4;/h9-10,15H,5-8H2,1-4H3;1H. The van der Waals surface area contributed by atoms with Crippen LogP contribution in [-0.4, -0.2) is 25.1 Å². The summed E-state index contributed by atoms with van der Waals surface area (Å²) in [5.41, 5.74) is 0.392. The van der Waals surface area contributed by atoms with E-state index >= 15 is 0 Å². The van der Waals surface area contributed by atoms with Crippen LogP contribution in [0.2, 0.25) is 0 Å². The number of rotatable bonds is 3. The molecule has 5 heteroatoms. The van der Waals surface area contributed by atoms with Gasteiger partial charge in [-0.1, -0.05) is 20.8 Å². The van der Waals surface area contributed by atoms with Crippen molar-refractivity contribution < 1.29 is 14.3 Å². The van der Waals surface area contributed by atoms with E-state index in [1.807, 2.05) is 0 Å². The molecule has 3 atom stereocenters. The smallest absolute Gasteiger partial charge is 0.314 e. The van der Waals surface area contributed by atoms with E-state index in [0.717, 1.165) is 12.8 Å². The Morgan fingerprint density at radius 1 is 1.37 bits per heavy atom. The van der Waals surface area contributed by atoms with Crippen LogP contribution in [0.3, 0.4) is 0 Å². The number of fused-ring (bicyclic) bond motifs is 2. The fourth-order valence-electron chi connectivity index (χ4n) is 3.73. The summed E-state index contributed by atoms with van der Waals surface area (Å²) in [6, 6.07) is 0. The molecule has 1 N–H and O–H groups in total. The van der Waals surface area contributed by atoms with E-state index in [2.05, 4.69) is 25.5 Å². The molecule has 4 nitrogen and oxygen atoms in total. The van der Waals surface area contributed by atoms with Crippen LogP contribution in [0, 0.1) is 22.2 Å². The van der Waals surface area contributed by atoms with Crippen LogP contribution in [0.5, 0.6) is 0 Å². The number of ether oxygens (including phenoxy) is 2. The summed E-state index contributed by atoms with van der Waals surface area (Å²) in [4.78, 5) is 11.1. The highest BCUT2D eigenvalue weighted by Crippen LogP contribution is 2.66. The van der Waals surface area contributed by atoms with Gasteiger partial charge in [0.1, 0.15) is 12.5 Å². The number of methoxy groups -OCH3 is 1. The van der Waals surface area contributed by atoms with Gasteiger partial charge < -0.3 is 9.47 Å². The number of nitrogens with one attached hydrogen (secondary N) is 1. The van der Waals surface area contributed by atoms with Gasteiger partial charge >= 0.3 is 5.97 Å². The van der Waals surface area contributed by atoms with Crippen molar-refractivity contribution >= 4 is 24.3 Å². The molecule has 2 rings (SSSR count). The Bertz CT molecular complexity index is 383. The summed E-state index contributed by atoms with van der Waals surface area (Å²) < 4.78 is 10.3. The zero-order chi connectivity index (χ0) is 13.6. The Kier molecular flexibility index (Phi) is 4.55.